The molecule has 0 unspecified atom stereocenters. The molecule has 2 aliphatic rings. The Labute approximate surface area is 165 Å². The Bertz CT molecular complexity index is 586. The van der Waals surface area contributed by atoms with Gasteiger partial charge >= 0.3 is 0 Å². The molecule has 5 heteroatoms. The van der Waals surface area contributed by atoms with Crippen molar-refractivity contribution < 1.29 is 0 Å². The maximum Gasteiger partial charge on any atom is 0.191 e. The summed E-state index contributed by atoms with van der Waals surface area (Å²) in [7, 11) is 1.87. The highest BCUT2D eigenvalue weighted by molar-refractivity contribution is 5.79. The van der Waals surface area contributed by atoms with E-state index in [2.05, 4.69) is 56.6 Å². The van der Waals surface area contributed by atoms with Crippen molar-refractivity contribution in [2.45, 2.75) is 51.5 Å². The molecular weight excluding hydrogens is 334 g/mol. The third kappa shape index (κ3) is 6.42. The number of piperazine rings is 1. The second-order valence-electron chi connectivity index (χ2n) is 8.00. The van der Waals surface area contributed by atoms with Gasteiger partial charge in [0.1, 0.15) is 0 Å². The van der Waals surface area contributed by atoms with Gasteiger partial charge in [0, 0.05) is 51.5 Å². The lowest BCUT2D eigenvalue weighted by Crippen LogP contribution is -2.46. The molecule has 1 saturated heterocycles. The molecule has 27 heavy (non-hydrogen) atoms. The van der Waals surface area contributed by atoms with Gasteiger partial charge in [0.25, 0.3) is 0 Å². The van der Waals surface area contributed by atoms with E-state index < -0.39 is 0 Å². The van der Waals surface area contributed by atoms with Crippen molar-refractivity contribution in [2.75, 3.05) is 51.2 Å². The minimum absolute atomic E-state index is 0.626. The molecule has 0 spiro atoms. The van der Waals surface area contributed by atoms with Gasteiger partial charge in [-0.15, -0.1) is 0 Å². The number of hydrogen-bond donors (Lipinski definition) is 2. The Kier molecular flexibility index (Phi) is 7.81. The lowest BCUT2D eigenvalue weighted by molar-refractivity contribution is 0.253. The summed E-state index contributed by atoms with van der Waals surface area (Å²) >= 11 is 0. The molecule has 0 aromatic heterocycles. The van der Waals surface area contributed by atoms with Crippen molar-refractivity contribution in [2.24, 2.45) is 4.99 Å². The fraction of sp³-hybridized carbons (Fsp3) is 0.682. The molecule has 1 aromatic carbocycles. The molecule has 1 aromatic rings. The SMILES string of the molecule is CN=C(NCCCCN1CCN(c2cccc(C)c2)CC1)NC1CCCC1. The number of guanidine groups is 1. The maximum absolute atomic E-state index is 4.36. The Hall–Kier alpha value is -1.75. The quantitative estimate of drug-likeness (QED) is 0.439. The summed E-state index contributed by atoms with van der Waals surface area (Å²) in [6.45, 7) is 9.01. The Morgan fingerprint density at radius 2 is 1.89 bits per heavy atom. The van der Waals surface area contributed by atoms with E-state index in [1.807, 2.05) is 7.05 Å². The number of anilines is 1. The maximum atomic E-state index is 4.36. The molecule has 1 aliphatic carbocycles. The predicted molar refractivity (Wildman–Crippen MR) is 116 cm³/mol. The van der Waals surface area contributed by atoms with Crippen LogP contribution in [0.15, 0.2) is 29.3 Å². The van der Waals surface area contributed by atoms with Crippen molar-refractivity contribution in [3.05, 3.63) is 29.8 Å². The molecule has 2 N–H and O–H groups in total. The molecule has 3 rings (SSSR count). The second-order valence-corrected chi connectivity index (χ2v) is 8.00. The first kappa shape index (κ1) is 20.0. The van der Waals surface area contributed by atoms with Crippen LogP contribution in [0.1, 0.15) is 44.1 Å². The Balaban J connectivity index is 1.27. The summed E-state index contributed by atoms with van der Waals surface area (Å²) in [5.74, 6) is 0.980. The summed E-state index contributed by atoms with van der Waals surface area (Å²) < 4.78 is 0. The van der Waals surface area contributed by atoms with Crippen LogP contribution in [-0.2, 0) is 0 Å². The molecule has 5 nitrogen and oxygen atoms in total. The smallest absolute Gasteiger partial charge is 0.191 e. The van der Waals surface area contributed by atoms with Crippen LogP contribution in [-0.4, -0.2) is 63.2 Å². The van der Waals surface area contributed by atoms with Gasteiger partial charge in [-0.2, -0.15) is 0 Å². The molecular formula is C22H37N5. The van der Waals surface area contributed by atoms with E-state index in [1.54, 1.807) is 0 Å². The van der Waals surface area contributed by atoms with Crippen LogP contribution in [0.5, 0.6) is 0 Å². The molecule has 0 radical (unpaired) electrons. The normalized spacial score (nSPS) is 19.5. The van der Waals surface area contributed by atoms with Crippen molar-refractivity contribution in [1.29, 1.82) is 0 Å². The first-order valence-electron chi connectivity index (χ1n) is 10.8. The summed E-state index contributed by atoms with van der Waals surface area (Å²) in [6.07, 6.45) is 7.73. The third-order valence-electron chi connectivity index (χ3n) is 5.85. The summed E-state index contributed by atoms with van der Waals surface area (Å²) in [5, 5.41) is 7.03. The van der Waals surface area contributed by atoms with Crippen LogP contribution in [0.4, 0.5) is 5.69 Å². The van der Waals surface area contributed by atoms with E-state index in [1.165, 1.54) is 69.4 Å². The number of aryl methyl sites for hydroxylation is 1. The molecule has 0 atom stereocenters. The summed E-state index contributed by atoms with van der Waals surface area (Å²) in [6, 6.07) is 9.50. The Morgan fingerprint density at radius 1 is 1.11 bits per heavy atom. The number of hydrogen-bond acceptors (Lipinski definition) is 3. The molecule has 0 bridgehead atoms. The van der Waals surface area contributed by atoms with E-state index in [0.29, 0.717) is 6.04 Å². The van der Waals surface area contributed by atoms with Gasteiger partial charge in [-0.05, 0) is 56.8 Å². The highest BCUT2D eigenvalue weighted by atomic mass is 15.3. The lowest BCUT2D eigenvalue weighted by atomic mass is 10.2. The highest BCUT2D eigenvalue weighted by Crippen LogP contribution is 2.18. The predicted octanol–water partition coefficient (Wildman–Crippen LogP) is 3.00. The van der Waals surface area contributed by atoms with Crippen LogP contribution in [0.2, 0.25) is 0 Å². The van der Waals surface area contributed by atoms with Gasteiger partial charge in [0.2, 0.25) is 0 Å². The molecule has 1 aliphatic heterocycles. The number of benzene rings is 1. The topological polar surface area (TPSA) is 42.9 Å². The summed E-state index contributed by atoms with van der Waals surface area (Å²) in [5.41, 5.74) is 2.72. The van der Waals surface area contributed by atoms with Gasteiger partial charge in [-0.3, -0.25) is 9.89 Å². The number of nitrogens with zero attached hydrogens (tertiary/aromatic N) is 3. The van der Waals surface area contributed by atoms with Crippen LogP contribution in [0, 0.1) is 6.92 Å². The van der Waals surface area contributed by atoms with Crippen molar-refractivity contribution >= 4 is 11.6 Å². The minimum Gasteiger partial charge on any atom is -0.369 e. The third-order valence-corrected chi connectivity index (χ3v) is 5.85. The average Bonchev–Trinajstić information content (AvgIpc) is 3.20. The van der Waals surface area contributed by atoms with E-state index in [-0.39, 0.29) is 0 Å². The standard InChI is InChI=1S/C22H37N5/c1-19-8-7-11-21(18-19)27-16-14-26(15-17-27)13-6-5-12-24-22(23-2)25-20-9-3-4-10-20/h7-8,11,18,20H,3-6,9-10,12-17H2,1-2H3,(H2,23,24,25). The summed E-state index contributed by atoms with van der Waals surface area (Å²) in [4.78, 5) is 9.49. The van der Waals surface area contributed by atoms with E-state index in [9.17, 15) is 0 Å². The van der Waals surface area contributed by atoms with Crippen LogP contribution in [0.3, 0.4) is 0 Å². The van der Waals surface area contributed by atoms with Crippen LogP contribution < -0.4 is 15.5 Å². The van der Waals surface area contributed by atoms with Gasteiger partial charge in [-0.1, -0.05) is 25.0 Å². The van der Waals surface area contributed by atoms with E-state index in [0.717, 1.165) is 25.6 Å². The fourth-order valence-corrected chi connectivity index (χ4v) is 4.18. The fourth-order valence-electron chi connectivity index (χ4n) is 4.18. The Morgan fingerprint density at radius 3 is 2.59 bits per heavy atom. The van der Waals surface area contributed by atoms with Crippen molar-refractivity contribution in [3.63, 3.8) is 0 Å². The first-order chi connectivity index (χ1) is 13.2. The molecule has 0 amide bonds. The van der Waals surface area contributed by atoms with Crippen molar-refractivity contribution in [3.8, 4) is 0 Å². The number of nitrogens with one attached hydrogen (secondary N) is 2. The minimum atomic E-state index is 0.626. The molecule has 1 saturated carbocycles. The molecule has 2 fully saturated rings. The van der Waals surface area contributed by atoms with E-state index in [4.69, 9.17) is 0 Å². The van der Waals surface area contributed by atoms with Gasteiger partial charge < -0.3 is 15.5 Å². The van der Waals surface area contributed by atoms with Crippen LogP contribution >= 0.6 is 0 Å². The first-order valence-corrected chi connectivity index (χ1v) is 10.8. The molecule has 150 valence electrons. The van der Waals surface area contributed by atoms with Gasteiger partial charge in [-0.25, -0.2) is 0 Å². The highest BCUT2D eigenvalue weighted by Gasteiger charge is 2.17. The zero-order valence-electron chi connectivity index (χ0n) is 17.2. The lowest BCUT2D eigenvalue weighted by Gasteiger charge is -2.36. The zero-order chi connectivity index (χ0) is 18.9. The number of rotatable bonds is 7. The molecule has 1 heterocycles. The number of unbranched alkanes of at least 4 members (excludes halogenated alkanes) is 1. The average molecular weight is 372 g/mol. The zero-order valence-corrected chi connectivity index (χ0v) is 17.2. The largest absolute Gasteiger partial charge is 0.369 e. The van der Waals surface area contributed by atoms with E-state index >= 15 is 0 Å². The van der Waals surface area contributed by atoms with Gasteiger partial charge in [0.05, 0.1) is 0 Å². The number of aliphatic imine (C=N–C) groups is 1. The monoisotopic (exact) mass is 371 g/mol. The second kappa shape index (κ2) is 10.5. The van der Waals surface area contributed by atoms with Crippen LogP contribution in [0.25, 0.3) is 0 Å². The van der Waals surface area contributed by atoms with Crippen molar-refractivity contribution in [1.82, 2.24) is 15.5 Å². The van der Waals surface area contributed by atoms with Gasteiger partial charge in [0.15, 0.2) is 5.96 Å².